The predicted molar refractivity (Wildman–Crippen MR) is 57.3 cm³/mol. The maximum absolute atomic E-state index is 5.80. The van der Waals surface area contributed by atoms with E-state index in [9.17, 15) is 0 Å². The molecule has 0 amide bonds. The van der Waals surface area contributed by atoms with Gasteiger partial charge in [-0.05, 0) is 17.5 Å². The summed E-state index contributed by atoms with van der Waals surface area (Å²) in [5.74, 6) is 0.855. The van der Waals surface area contributed by atoms with Crippen molar-refractivity contribution in [3.8, 4) is 0 Å². The van der Waals surface area contributed by atoms with Crippen molar-refractivity contribution < 1.29 is 9.20 Å². The van der Waals surface area contributed by atoms with Crippen molar-refractivity contribution in [1.82, 2.24) is 5.27 Å². The second kappa shape index (κ2) is 4.21. The molecule has 0 spiro atoms. The van der Waals surface area contributed by atoms with Gasteiger partial charge in [0.05, 0.1) is 0 Å². The fourth-order valence-electron chi connectivity index (χ4n) is 2.43. The Morgan fingerprint density at radius 2 is 2.00 bits per heavy atom. The molecule has 84 valence electrons. The second-order valence-electron chi connectivity index (χ2n) is 4.71. The summed E-state index contributed by atoms with van der Waals surface area (Å²) in [5.41, 5.74) is 6.86. The van der Waals surface area contributed by atoms with Gasteiger partial charge in [-0.2, -0.15) is 0 Å². The van der Waals surface area contributed by atoms with Gasteiger partial charge in [-0.1, -0.05) is 20.3 Å². The summed E-state index contributed by atoms with van der Waals surface area (Å²) < 4.78 is 7.11. The van der Waals surface area contributed by atoms with Crippen molar-refractivity contribution in [2.24, 2.45) is 0 Å². The third-order valence-corrected chi connectivity index (χ3v) is 3.19. The topological polar surface area (TPSA) is 55.9 Å². The molecule has 4 nitrogen and oxygen atoms in total. The van der Waals surface area contributed by atoms with E-state index in [1.165, 1.54) is 32.1 Å². The highest BCUT2D eigenvalue weighted by Gasteiger charge is 2.33. The molecular weight excluding hydrogens is 190 g/mol. The molecule has 0 saturated heterocycles. The van der Waals surface area contributed by atoms with Gasteiger partial charge in [-0.15, -0.1) is 0 Å². The largest absolute Gasteiger partial charge is 0.362 e. The summed E-state index contributed by atoms with van der Waals surface area (Å²) in [4.78, 5) is 0. The molecule has 0 unspecified atom stereocenters. The maximum Gasteiger partial charge on any atom is 0.296 e. The van der Waals surface area contributed by atoms with Crippen molar-refractivity contribution in [2.45, 2.75) is 57.9 Å². The van der Waals surface area contributed by atoms with Gasteiger partial charge < -0.3 is 5.73 Å². The maximum atomic E-state index is 5.80. The summed E-state index contributed by atoms with van der Waals surface area (Å²) in [5, 5.41) is 4.08. The Morgan fingerprint density at radius 1 is 1.33 bits per heavy atom. The smallest absolute Gasteiger partial charge is 0.296 e. The first-order chi connectivity index (χ1) is 7.20. The van der Waals surface area contributed by atoms with Crippen molar-refractivity contribution in [3.63, 3.8) is 0 Å². The van der Waals surface area contributed by atoms with E-state index in [4.69, 9.17) is 10.3 Å². The van der Waals surface area contributed by atoms with E-state index in [1.54, 1.807) is 0 Å². The Hall–Kier alpha value is -1.06. The van der Waals surface area contributed by atoms with Crippen molar-refractivity contribution in [3.05, 3.63) is 5.69 Å². The van der Waals surface area contributed by atoms with E-state index in [0.29, 0.717) is 17.8 Å². The molecular formula is C11H20N3O+. The molecule has 4 heteroatoms. The van der Waals surface area contributed by atoms with Gasteiger partial charge in [-0.25, -0.2) is 0 Å². The summed E-state index contributed by atoms with van der Waals surface area (Å²) in [7, 11) is 0. The summed E-state index contributed by atoms with van der Waals surface area (Å²) in [6.07, 6.45) is 6.35. The first-order valence-electron chi connectivity index (χ1n) is 5.87. The van der Waals surface area contributed by atoms with Crippen LogP contribution in [0.2, 0.25) is 0 Å². The Morgan fingerprint density at radius 3 is 2.60 bits per heavy atom. The molecule has 0 radical (unpaired) electrons. The summed E-state index contributed by atoms with van der Waals surface area (Å²) in [6.45, 7) is 4.25. The Kier molecular flexibility index (Phi) is 2.93. The number of hydrogen-bond acceptors (Lipinski definition) is 3. The van der Waals surface area contributed by atoms with Crippen LogP contribution in [0.3, 0.4) is 0 Å². The van der Waals surface area contributed by atoms with Gasteiger partial charge in [0.1, 0.15) is 0 Å². The highest BCUT2D eigenvalue weighted by atomic mass is 16.5. The second-order valence-corrected chi connectivity index (χ2v) is 4.71. The molecule has 1 aromatic heterocycles. The average molecular weight is 210 g/mol. The van der Waals surface area contributed by atoms with Crippen LogP contribution in [0.5, 0.6) is 0 Å². The van der Waals surface area contributed by atoms with Crippen molar-refractivity contribution in [1.29, 1.82) is 0 Å². The van der Waals surface area contributed by atoms with E-state index >= 15 is 0 Å². The van der Waals surface area contributed by atoms with Crippen molar-refractivity contribution >= 4 is 5.88 Å². The number of aromatic nitrogens is 2. The number of nitrogen functional groups attached to an aromatic ring is 1. The predicted octanol–water partition coefficient (Wildman–Crippen LogP) is 2.17. The van der Waals surface area contributed by atoms with E-state index in [1.807, 2.05) is 4.68 Å². The van der Waals surface area contributed by atoms with Gasteiger partial charge in [0.25, 0.3) is 11.6 Å². The fraction of sp³-hybridized carbons (Fsp3) is 0.818. The zero-order valence-corrected chi connectivity index (χ0v) is 9.57. The van der Waals surface area contributed by atoms with Crippen LogP contribution < -0.4 is 10.4 Å². The number of nitrogens with zero attached hydrogens (tertiary/aromatic N) is 2. The average Bonchev–Trinajstić information content (AvgIpc) is 2.61. The van der Waals surface area contributed by atoms with Crippen LogP contribution in [0.15, 0.2) is 4.52 Å². The van der Waals surface area contributed by atoms with E-state index in [-0.39, 0.29) is 0 Å². The van der Waals surface area contributed by atoms with Crippen LogP contribution in [0, 0.1) is 0 Å². The zero-order chi connectivity index (χ0) is 10.8. The molecule has 1 heterocycles. The number of rotatable bonds is 2. The standard InChI is InChI=1S/C11H20N3O/c1-8(2)10-11(12)15-13-14(10)9-6-4-3-5-7-9/h8-9H,3-7,12H2,1-2H3/q+1. The highest BCUT2D eigenvalue weighted by molar-refractivity contribution is 5.27. The number of anilines is 1. The van der Waals surface area contributed by atoms with Crippen molar-refractivity contribution in [2.75, 3.05) is 5.73 Å². The molecule has 0 bridgehead atoms. The molecule has 0 aromatic carbocycles. The number of hydrogen-bond donors (Lipinski definition) is 1. The Bertz CT molecular complexity index is 327. The van der Waals surface area contributed by atoms with Crippen LogP contribution in [-0.2, 0) is 0 Å². The minimum Gasteiger partial charge on any atom is -0.362 e. The Balaban J connectivity index is 2.26. The van der Waals surface area contributed by atoms with E-state index in [0.717, 1.165) is 5.69 Å². The molecule has 2 rings (SSSR count). The minimum atomic E-state index is 0.373. The molecule has 0 aliphatic heterocycles. The molecule has 0 atom stereocenters. The molecule has 1 aliphatic rings. The lowest BCUT2D eigenvalue weighted by Gasteiger charge is -2.15. The lowest BCUT2D eigenvalue weighted by molar-refractivity contribution is -0.793. The van der Waals surface area contributed by atoms with Gasteiger partial charge in [-0.3, -0.25) is 4.52 Å². The summed E-state index contributed by atoms with van der Waals surface area (Å²) >= 11 is 0. The third kappa shape index (κ3) is 1.98. The number of nitrogens with two attached hydrogens (primary N) is 1. The lowest BCUT2D eigenvalue weighted by Crippen LogP contribution is -2.45. The molecule has 1 fully saturated rings. The van der Waals surface area contributed by atoms with Gasteiger partial charge in [0, 0.05) is 18.8 Å². The van der Waals surface area contributed by atoms with E-state index < -0.39 is 0 Å². The summed E-state index contributed by atoms with van der Waals surface area (Å²) in [6, 6.07) is 0.497. The quantitative estimate of drug-likeness (QED) is 0.761. The highest BCUT2D eigenvalue weighted by Crippen LogP contribution is 2.26. The van der Waals surface area contributed by atoms with Crippen LogP contribution in [0.1, 0.15) is 63.6 Å². The van der Waals surface area contributed by atoms with Gasteiger partial charge in [0.15, 0.2) is 6.04 Å². The van der Waals surface area contributed by atoms with E-state index in [2.05, 4.69) is 19.1 Å². The van der Waals surface area contributed by atoms with Crippen LogP contribution >= 0.6 is 0 Å². The van der Waals surface area contributed by atoms with Crippen LogP contribution in [0.25, 0.3) is 0 Å². The van der Waals surface area contributed by atoms with Gasteiger partial charge >= 0.3 is 0 Å². The monoisotopic (exact) mass is 210 g/mol. The zero-order valence-electron chi connectivity index (χ0n) is 9.57. The SMILES string of the molecule is CC(C)c1c(N)on[n+]1C1CCCCC1. The first kappa shape index (κ1) is 10.5. The third-order valence-electron chi connectivity index (χ3n) is 3.19. The van der Waals surface area contributed by atoms with Crippen LogP contribution in [0.4, 0.5) is 5.88 Å². The van der Waals surface area contributed by atoms with Gasteiger partial charge in [0.2, 0.25) is 5.27 Å². The molecule has 2 N–H and O–H groups in total. The minimum absolute atomic E-state index is 0.373. The molecule has 1 saturated carbocycles. The Labute approximate surface area is 90.4 Å². The fourth-order valence-corrected chi connectivity index (χ4v) is 2.43. The molecule has 15 heavy (non-hydrogen) atoms. The lowest BCUT2D eigenvalue weighted by atomic mass is 9.95. The molecule has 1 aliphatic carbocycles. The van der Waals surface area contributed by atoms with Crippen LogP contribution in [-0.4, -0.2) is 5.27 Å². The normalized spacial score (nSPS) is 18.6. The molecule has 1 aromatic rings. The first-order valence-corrected chi connectivity index (χ1v) is 5.87.